The summed E-state index contributed by atoms with van der Waals surface area (Å²) in [6.45, 7) is 8.93. The molecule has 1 aliphatic heterocycles. The maximum absolute atomic E-state index is 11.7. The Hall–Kier alpha value is -1.82. The molecule has 0 saturated carbocycles. The average Bonchev–Trinajstić information content (AvgIpc) is 2.78. The lowest BCUT2D eigenvalue weighted by Gasteiger charge is -2.16. The highest BCUT2D eigenvalue weighted by atomic mass is 79.9. The zero-order chi connectivity index (χ0) is 17.0. The van der Waals surface area contributed by atoms with Crippen LogP contribution < -0.4 is 9.47 Å². The molecule has 0 radical (unpaired) electrons. The van der Waals surface area contributed by atoms with Crippen LogP contribution in [0.25, 0.3) is 6.08 Å². The van der Waals surface area contributed by atoms with E-state index >= 15 is 0 Å². The van der Waals surface area contributed by atoms with E-state index in [1.54, 1.807) is 13.0 Å². The van der Waals surface area contributed by atoms with Crippen LogP contribution in [0.2, 0.25) is 0 Å². The molecule has 5 nitrogen and oxygen atoms in total. The van der Waals surface area contributed by atoms with Crippen molar-refractivity contribution in [2.24, 2.45) is 11.1 Å². The van der Waals surface area contributed by atoms with Crippen molar-refractivity contribution in [1.82, 2.24) is 0 Å². The zero-order valence-corrected chi connectivity index (χ0v) is 15.3. The first-order valence-electron chi connectivity index (χ1n) is 7.49. The molecule has 0 amide bonds. The average molecular weight is 382 g/mol. The van der Waals surface area contributed by atoms with Crippen LogP contribution in [0.1, 0.15) is 33.3 Å². The SMILES string of the molecule is CCOc1cc(/C=C2\C(=O)ON=C2C)cc(Br)c1OCC(C)C. The van der Waals surface area contributed by atoms with Gasteiger partial charge in [0.1, 0.15) is 0 Å². The van der Waals surface area contributed by atoms with Crippen molar-refractivity contribution in [1.29, 1.82) is 0 Å². The minimum atomic E-state index is -0.447. The van der Waals surface area contributed by atoms with Crippen molar-refractivity contribution >= 4 is 33.7 Å². The quantitative estimate of drug-likeness (QED) is 0.547. The predicted octanol–water partition coefficient (Wildman–Crippen LogP) is 4.20. The lowest BCUT2D eigenvalue weighted by molar-refractivity contribution is -0.136. The minimum absolute atomic E-state index is 0.408. The van der Waals surface area contributed by atoms with Crippen LogP contribution in [0, 0.1) is 5.92 Å². The lowest BCUT2D eigenvalue weighted by atomic mass is 10.1. The van der Waals surface area contributed by atoms with E-state index in [1.165, 1.54) is 0 Å². The largest absolute Gasteiger partial charge is 0.490 e. The summed E-state index contributed by atoms with van der Waals surface area (Å²) in [5.74, 6) is 1.26. The molecule has 0 unspecified atom stereocenters. The van der Waals surface area contributed by atoms with Crippen molar-refractivity contribution in [3.8, 4) is 11.5 Å². The van der Waals surface area contributed by atoms with Crippen molar-refractivity contribution in [3.05, 3.63) is 27.7 Å². The Labute approximate surface area is 144 Å². The maximum atomic E-state index is 11.7. The highest BCUT2D eigenvalue weighted by Gasteiger charge is 2.22. The van der Waals surface area contributed by atoms with Gasteiger partial charge in [0, 0.05) is 0 Å². The molecule has 0 saturated heterocycles. The fraction of sp³-hybridized carbons (Fsp3) is 0.412. The van der Waals surface area contributed by atoms with Crippen molar-refractivity contribution in [3.63, 3.8) is 0 Å². The van der Waals surface area contributed by atoms with Gasteiger partial charge in [0.15, 0.2) is 11.5 Å². The van der Waals surface area contributed by atoms with Gasteiger partial charge in [-0.05, 0) is 59.5 Å². The van der Waals surface area contributed by atoms with E-state index in [-0.39, 0.29) is 0 Å². The molecule has 0 fully saturated rings. The Morgan fingerprint density at radius 2 is 2.09 bits per heavy atom. The molecule has 6 heteroatoms. The predicted molar refractivity (Wildman–Crippen MR) is 92.8 cm³/mol. The molecule has 23 heavy (non-hydrogen) atoms. The molecule has 1 aromatic carbocycles. The first-order chi connectivity index (χ1) is 10.9. The molecule has 0 aliphatic carbocycles. The summed E-state index contributed by atoms with van der Waals surface area (Å²) in [5.41, 5.74) is 1.81. The third-order valence-corrected chi connectivity index (χ3v) is 3.67. The van der Waals surface area contributed by atoms with E-state index in [2.05, 4.69) is 39.8 Å². The number of carbonyl (C=O) groups excluding carboxylic acids is 1. The van der Waals surface area contributed by atoms with Crippen molar-refractivity contribution < 1.29 is 19.1 Å². The number of ether oxygens (including phenoxy) is 2. The van der Waals surface area contributed by atoms with Gasteiger partial charge >= 0.3 is 5.97 Å². The number of hydrogen-bond donors (Lipinski definition) is 0. The van der Waals surface area contributed by atoms with Gasteiger partial charge in [0.05, 0.1) is 29.0 Å². The monoisotopic (exact) mass is 381 g/mol. The third kappa shape index (κ3) is 4.34. The number of oxime groups is 1. The number of rotatable bonds is 6. The molecule has 124 valence electrons. The Bertz CT molecular complexity index is 665. The summed E-state index contributed by atoms with van der Waals surface area (Å²) in [6, 6.07) is 3.72. The second kappa shape index (κ2) is 7.64. The number of nitrogens with zero attached hydrogens (tertiary/aromatic N) is 1. The second-order valence-electron chi connectivity index (χ2n) is 5.58. The molecule has 0 bridgehead atoms. The molecule has 1 heterocycles. The van der Waals surface area contributed by atoms with Gasteiger partial charge in [0.2, 0.25) is 0 Å². The summed E-state index contributed by atoms with van der Waals surface area (Å²) in [6.07, 6.45) is 1.73. The first-order valence-corrected chi connectivity index (χ1v) is 8.28. The molecule has 0 aromatic heterocycles. The fourth-order valence-corrected chi connectivity index (χ4v) is 2.58. The Kier molecular flexibility index (Phi) is 5.82. The van der Waals surface area contributed by atoms with Gasteiger partial charge in [0.25, 0.3) is 0 Å². The van der Waals surface area contributed by atoms with Crippen LogP contribution >= 0.6 is 15.9 Å². The maximum Gasteiger partial charge on any atom is 0.367 e. The Morgan fingerprint density at radius 3 is 2.65 bits per heavy atom. The number of hydrogen-bond acceptors (Lipinski definition) is 5. The van der Waals surface area contributed by atoms with Crippen LogP contribution in [0.5, 0.6) is 11.5 Å². The molecule has 0 N–H and O–H groups in total. The molecule has 1 aromatic rings. The summed E-state index contributed by atoms with van der Waals surface area (Å²) in [7, 11) is 0. The van der Waals surface area contributed by atoms with E-state index in [1.807, 2.05) is 19.1 Å². The Morgan fingerprint density at radius 1 is 1.35 bits per heavy atom. The summed E-state index contributed by atoms with van der Waals surface area (Å²) in [4.78, 5) is 16.3. The number of carbonyl (C=O) groups is 1. The molecule has 2 rings (SSSR count). The highest BCUT2D eigenvalue weighted by molar-refractivity contribution is 9.10. The van der Waals surface area contributed by atoms with Crippen LogP contribution in [0.4, 0.5) is 0 Å². The third-order valence-electron chi connectivity index (χ3n) is 3.08. The fourth-order valence-electron chi connectivity index (χ4n) is 2.01. The van der Waals surface area contributed by atoms with Gasteiger partial charge in [-0.25, -0.2) is 4.79 Å². The Balaban J connectivity index is 2.38. The van der Waals surface area contributed by atoms with Crippen LogP contribution in [0.15, 0.2) is 27.3 Å². The van der Waals surface area contributed by atoms with Gasteiger partial charge in [-0.3, -0.25) is 0 Å². The normalized spacial score (nSPS) is 15.8. The molecule has 1 aliphatic rings. The van der Waals surface area contributed by atoms with Crippen LogP contribution in [-0.4, -0.2) is 24.9 Å². The second-order valence-corrected chi connectivity index (χ2v) is 6.44. The number of benzene rings is 1. The topological polar surface area (TPSA) is 57.1 Å². The standard InChI is InChI=1S/C17H20BrNO4/c1-5-21-15-8-12(6-13-11(4)19-23-17(13)20)7-14(18)16(15)22-9-10(2)3/h6-8,10H,5,9H2,1-4H3/b13-6-. The van der Waals surface area contributed by atoms with Gasteiger partial charge < -0.3 is 14.3 Å². The van der Waals surface area contributed by atoms with Gasteiger partial charge in [-0.1, -0.05) is 19.0 Å². The molecule has 0 spiro atoms. The van der Waals surface area contributed by atoms with Crippen LogP contribution in [-0.2, 0) is 9.63 Å². The van der Waals surface area contributed by atoms with E-state index in [4.69, 9.17) is 9.47 Å². The minimum Gasteiger partial charge on any atom is -0.490 e. The number of halogens is 1. The highest BCUT2D eigenvalue weighted by Crippen LogP contribution is 2.38. The van der Waals surface area contributed by atoms with Gasteiger partial charge in [-0.2, -0.15) is 0 Å². The molecular weight excluding hydrogens is 362 g/mol. The van der Waals surface area contributed by atoms with Crippen molar-refractivity contribution in [2.45, 2.75) is 27.7 Å². The summed E-state index contributed by atoms with van der Waals surface area (Å²) < 4.78 is 12.3. The summed E-state index contributed by atoms with van der Waals surface area (Å²) in [5, 5.41) is 3.67. The lowest BCUT2D eigenvalue weighted by Crippen LogP contribution is -2.07. The van der Waals surface area contributed by atoms with E-state index < -0.39 is 5.97 Å². The van der Waals surface area contributed by atoms with E-state index in [0.717, 1.165) is 10.0 Å². The first kappa shape index (κ1) is 17.5. The zero-order valence-electron chi connectivity index (χ0n) is 13.7. The molecule has 0 atom stereocenters. The van der Waals surface area contributed by atoms with E-state index in [9.17, 15) is 4.79 Å². The van der Waals surface area contributed by atoms with Crippen molar-refractivity contribution in [2.75, 3.05) is 13.2 Å². The smallest absolute Gasteiger partial charge is 0.367 e. The summed E-state index contributed by atoms with van der Waals surface area (Å²) >= 11 is 3.52. The van der Waals surface area contributed by atoms with Crippen LogP contribution in [0.3, 0.4) is 0 Å². The van der Waals surface area contributed by atoms with E-state index in [0.29, 0.717) is 41.9 Å². The molecular formula is C17H20BrNO4. The van der Waals surface area contributed by atoms with Gasteiger partial charge in [-0.15, -0.1) is 0 Å².